The van der Waals surface area contributed by atoms with Crippen molar-refractivity contribution >= 4 is 21.6 Å². The van der Waals surface area contributed by atoms with E-state index in [1.807, 2.05) is 4.90 Å². The average molecular weight is 443 g/mol. The van der Waals surface area contributed by atoms with Gasteiger partial charge in [0.1, 0.15) is 0 Å². The van der Waals surface area contributed by atoms with Gasteiger partial charge in [0, 0.05) is 38.4 Å². The summed E-state index contributed by atoms with van der Waals surface area (Å²) in [5.74, 6) is 2.20. The van der Waals surface area contributed by atoms with Gasteiger partial charge in [-0.05, 0) is 67.7 Å². The summed E-state index contributed by atoms with van der Waals surface area (Å²) in [5.41, 5.74) is 2.92. The van der Waals surface area contributed by atoms with Crippen LogP contribution in [-0.4, -0.2) is 48.4 Å². The van der Waals surface area contributed by atoms with Crippen LogP contribution >= 0.6 is 0 Å². The minimum Gasteiger partial charge on any atom is -0.339 e. The third kappa shape index (κ3) is 3.38. The van der Waals surface area contributed by atoms with Crippen molar-refractivity contribution in [3.05, 3.63) is 35.0 Å². The Labute approximate surface area is 181 Å². The van der Waals surface area contributed by atoms with Crippen LogP contribution in [-0.2, 0) is 34.1 Å². The molecule has 2 fully saturated rings. The van der Waals surface area contributed by atoms with Crippen molar-refractivity contribution in [1.29, 1.82) is 0 Å². The fourth-order valence-electron chi connectivity index (χ4n) is 5.24. The Morgan fingerprint density at radius 3 is 2.68 bits per heavy atom. The Morgan fingerprint density at radius 1 is 1.06 bits per heavy atom. The minimum atomic E-state index is -3.58. The van der Waals surface area contributed by atoms with E-state index in [4.69, 9.17) is 4.52 Å². The number of carbonyl (C=O) groups excluding carboxylic acids is 1. The lowest BCUT2D eigenvalue weighted by Crippen LogP contribution is -2.40. The number of sulfonamides is 1. The molecule has 1 amide bonds. The van der Waals surface area contributed by atoms with Crippen molar-refractivity contribution in [2.45, 2.75) is 62.2 Å². The van der Waals surface area contributed by atoms with E-state index in [1.165, 1.54) is 0 Å². The third-order valence-electron chi connectivity index (χ3n) is 7.03. The molecule has 2 aromatic rings. The van der Waals surface area contributed by atoms with Crippen molar-refractivity contribution in [2.75, 3.05) is 24.5 Å². The first-order valence-corrected chi connectivity index (χ1v) is 12.7. The number of hydrogen-bond acceptors (Lipinski definition) is 6. The Balaban J connectivity index is 1.22. The van der Waals surface area contributed by atoms with Crippen molar-refractivity contribution in [3.8, 4) is 0 Å². The fraction of sp³-hybridized carbons (Fsp3) is 0.591. The Hall–Kier alpha value is -2.26. The highest BCUT2D eigenvalue weighted by Gasteiger charge is 2.36. The molecule has 4 aliphatic rings. The van der Waals surface area contributed by atoms with Crippen molar-refractivity contribution in [1.82, 2.24) is 14.4 Å². The zero-order valence-corrected chi connectivity index (χ0v) is 18.2. The molecule has 1 aromatic heterocycles. The summed E-state index contributed by atoms with van der Waals surface area (Å²) in [6.45, 7) is 1.66. The van der Waals surface area contributed by atoms with Crippen LogP contribution in [0.15, 0.2) is 21.6 Å². The van der Waals surface area contributed by atoms with Gasteiger partial charge in [0.05, 0.1) is 10.6 Å². The summed E-state index contributed by atoms with van der Waals surface area (Å²) in [5, 5.41) is 4.08. The summed E-state index contributed by atoms with van der Waals surface area (Å²) >= 11 is 0. The third-order valence-corrected chi connectivity index (χ3v) is 8.88. The molecule has 164 valence electrons. The predicted octanol–water partition coefficient (Wildman–Crippen LogP) is 2.43. The first-order valence-electron chi connectivity index (χ1n) is 11.3. The highest BCUT2D eigenvalue weighted by Crippen LogP contribution is 2.40. The Kier molecular flexibility index (Phi) is 4.47. The second-order valence-corrected chi connectivity index (χ2v) is 11.2. The fourth-order valence-corrected chi connectivity index (χ4v) is 6.90. The molecule has 8 nitrogen and oxygen atoms in total. The van der Waals surface area contributed by atoms with E-state index in [2.05, 4.69) is 10.1 Å². The molecular formula is C22H26N4O4S. The monoisotopic (exact) mass is 442 g/mol. The number of hydrogen-bond donors (Lipinski definition) is 0. The van der Waals surface area contributed by atoms with E-state index in [0.29, 0.717) is 55.6 Å². The van der Waals surface area contributed by atoms with Gasteiger partial charge in [-0.15, -0.1) is 0 Å². The van der Waals surface area contributed by atoms with Crippen LogP contribution in [0.2, 0.25) is 0 Å². The first kappa shape index (κ1) is 19.4. The topological polar surface area (TPSA) is 96.6 Å². The maximum atomic E-state index is 13.5. The molecular weight excluding hydrogens is 416 g/mol. The van der Waals surface area contributed by atoms with Gasteiger partial charge in [0.25, 0.3) is 0 Å². The number of benzene rings is 1. The summed E-state index contributed by atoms with van der Waals surface area (Å²) < 4.78 is 34.1. The summed E-state index contributed by atoms with van der Waals surface area (Å²) in [7, 11) is -3.58. The van der Waals surface area contributed by atoms with Crippen LogP contribution in [0.3, 0.4) is 0 Å². The number of amides is 1. The second kappa shape index (κ2) is 7.13. The molecule has 0 spiro atoms. The molecule has 1 saturated carbocycles. The maximum Gasteiger partial charge on any atom is 0.243 e. The molecule has 0 N–H and O–H groups in total. The van der Waals surface area contributed by atoms with E-state index in [0.717, 1.165) is 54.7 Å². The Morgan fingerprint density at radius 2 is 1.87 bits per heavy atom. The lowest BCUT2D eigenvalue weighted by molar-refractivity contribution is -0.118. The number of rotatable bonds is 5. The van der Waals surface area contributed by atoms with E-state index in [1.54, 1.807) is 16.4 Å². The largest absolute Gasteiger partial charge is 0.339 e. The summed E-state index contributed by atoms with van der Waals surface area (Å²) in [4.78, 5) is 18.9. The van der Waals surface area contributed by atoms with Gasteiger partial charge < -0.3 is 9.42 Å². The minimum absolute atomic E-state index is 0.145. The van der Waals surface area contributed by atoms with Gasteiger partial charge in [-0.1, -0.05) is 5.16 Å². The van der Waals surface area contributed by atoms with E-state index in [-0.39, 0.29) is 11.8 Å². The SMILES string of the molecule is O=C1CCc2cc(S(=O)(=O)N3CCCC(Cc4nc(C5CC5)no4)C3)cc3c2N1CC3. The zero-order chi connectivity index (χ0) is 21.2. The van der Waals surface area contributed by atoms with Crippen LogP contribution in [0.5, 0.6) is 0 Å². The number of anilines is 1. The van der Waals surface area contributed by atoms with Gasteiger partial charge >= 0.3 is 0 Å². The van der Waals surface area contributed by atoms with Crippen molar-refractivity contribution in [3.63, 3.8) is 0 Å². The molecule has 1 atom stereocenters. The molecule has 1 aliphatic carbocycles. The Bertz CT molecular complexity index is 1150. The van der Waals surface area contributed by atoms with Gasteiger partial charge in [0.2, 0.25) is 21.8 Å². The molecule has 4 heterocycles. The second-order valence-electron chi connectivity index (χ2n) is 9.28. The first-order chi connectivity index (χ1) is 15.0. The highest BCUT2D eigenvalue weighted by molar-refractivity contribution is 7.89. The number of nitrogens with zero attached hydrogens (tertiary/aromatic N) is 4. The molecule has 6 rings (SSSR count). The molecule has 0 radical (unpaired) electrons. The molecule has 1 unspecified atom stereocenters. The lowest BCUT2D eigenvalue weighted by Gasteiger charge is -2.32. The summed E-state index contributed by atoms with van der Waals surface area (Å²) in [6, 6.07) is 3.58. The predicted molar refractivity (Wildman–Crippen MR) is 112 cm³/mol. The van der Waals surface area contributed by atoms with Crippen LogP contribution in [0, 0.1) is 5.92 Å². The van der Waals surface area contributed by atoms with Crippen LogP contribution in [0.4, 0.5) is 5.69 Å². The highest BCUT2D eigenvalue weighted by atomic mass is 32.2. The number of carbonyl (C=O) groups is 1. The molecule has 1 saturated heterocycles. The molecule has 3 aliphatic heterocycles. The average Bonchev–Trinajstić information content (AvgIpc) is 3.36. The van der Waals surface area contributed by atoms with E-state index in [9.17, 15) is 13.2 Å². The molecule has 1 aromatic carbocycles. The smallest absolute Gasteiger partial charge is 0.243 e. The molecule has 31 heavy (non-hydrogen) atoms. The number of piperidine rings is 1. The van der Waals surface area contributed by atoms with Crippen molar-refractivity contribution < 1.29 is 17.7 Å². The van der Waals surface area contributed by atoms with Gasteiger partial charge in [-0.2, -0.15) is 9.29 Å². The van der Waals surface area contributed by atoms with Crippen LogP contribution in [0.25, 0.3) is 0 Å². The molecule has 0 bridgehead atoms. The van der Waals surface area contributed by atoms with Crippen LogP contribution < -0.4 is 4.90 Å². The van der Waals surface area contributed by atoms with E-state index < -0.39 is 10.0 Å². The number of aromatic nitrogens is 2. The lowest BCUT2D eigenvalue weighted by atomic mass is 9.96. The van der Waals surface area contributed by atoms with Gasteiger partial charge in [-0.25, -0.2) is 8.42 Å². The van der Waals surface area contributed by atoms with Crippen molar-refractivity contribution in [2.24, 2.45) is 5.92 Å². The standard InChI is InChI=1S/C22H26N4O4S/c27-20-6-5-16-11-18(12-17-7-9-26(20)21(16)17)31(28,29)25-8-1-2-14(13-25)10-19-23-22(24-30-19)15-3-4-15/h11-12,14-15H,1-10,13H2. The van der Waals surface area contributed by atoms with E-state index >= 15 is 0 Å². The maximum absolute atomic E-state index is 13.5. The zero-order valence-electron chi connectivity index (χ0n) is 17.4. The molecule has 9 heteroatoms. The quantitative estimate of drug-likeness (QED) is 0.706. The normalized spacial score (nSPS) is 23.9. The van der Waals surface area contributed by atoms with Gasteiger partial charge in [0.15, 0.2) is 5.82 Å². The van der Waals surface area contributed by atoms with Gasteiger partial charge in [-0.3, -0.25) is 4.79 Å². The number of aryl methyl sites for hydroxylation is 1. The van der Waals surface area contributed by atoms with Crippen LogP contribution in [0.1, 0.15) is 60.9 Å². The summed E-state index contributed by atoms with van der Waals surface area (Å²) in [6.07, 6.45) is 6.46.